The second-order valence-corrected chi connectivity index (χ2v) is 6.55. The van der Waals surface area contributed by atoms with Gasteiger partial charge in [-0.25, -0.2) is 4.79 Å². The summed E-state index contributed by atoms with van der Waals surface area (Å²) >= 11 is 0. The van der Waals surface area contributed by atoms with Crippen LogP contribution in [0.15, 0.2) is 24.5 Å². The first-order valence-corrected chi connectivity index (χ1v) is 8.49. The Morgan fingerprint density at radius 3 is 2.56 bits per heavy atom. The summed E-state index contributed by atoms with van der Waals surface area (Å²) in [6.07, 6.45) is 5.16. The van der Waals surface area contributed by atoms with Gasteiger partial charge in [-0.05, 0) is 50.7 Å². The van der Waals surface area contributed by atoms with Crippen LogP contribution in [0.2, 0.25) is 0 Å². The fourth-order valence-corrected chi connectivity index (χ4v) is 3.25. The van der Waals surface area contributed by atoms with Gasteiger partial charge in [0.1, 0.15) is 6.54 Å². The highest BCUT2D eigenvalue weighted by atomic mass is 16.2. The molecule has 0 spiro atoms. The van der Waals surface area contributed by atoms with Crippen molar-refractivity contribution in [2.75, 3.05) is 33.2 Å². The number of urea groups is 1. The van der Waals surface area contributed by atoms with Crippen LogP contribution in [0.1, 0.15) is 18.4 Å². The Morgan fingerprint density at radius 1 is 1.28 bits per heavy atom. The number of hydrogen-bond acceptors (Lipinski definition) is 5. The SMILES string of the molecule is CN1CCC(N(Cc2ccncc2)C(=O)CN2C(=O)CNC2=O)CC1. The molecule has 25 heavy (non-hydrogen) atoms. The van der Waals surface area contributed by atoms with E-state index in [1.54, 1.807) is 17.3 Å². The van der Waals surface area contributed by atoms with Crippen molar-refractivity contribution in [2.45, 2.75) is 25.4 Å². The van der Waals surface area contributed by atoms with Crippen LogP contribution in [0.25, 0.3) is 0 Å². The Kier molecular flexibility index (Phi) is 5.28. The number of likely N-dealkylation sites (tertiary alicyclic amines) is 1. The second-order valence-electron chi connectivity index (χ2n) is 6.55. The largest absolute Gasteiger partial charge is 0.334 e. The summed E-state index contributed by atoms with van der Waals surface area (Å²) in [5, 5.41) is 2.45. The molecule has 3 heterocycles. The normalized spacial score (nSPS) is 19.2. The molecular weight excluding hydrogens is 322 g/mol. The molecule has 0 radical (unpaired) electrons. The Morgan fingerprint density at radius 2 is 1.96 bits per heavy atom. The van der Waals surface area contributed by atoms with Gasteiger partial charge in [-0.2, -0.15) is 0 Å². The molecule has 3 rings (SSSR count). The van der Waals surface area contributed by atoms with Gasteiger partial charge in [0.2, 0.25) is 5.91 Å². The van der Waals surface area contributed by atoms with Crippen molar-refractivity contribution in [1.29, 1.82) is 0 Å². The van der Waals surface area contributed by atoms with Gasteiger partial charge in [0.15, 0.2) is 0 Å². The van der Waals surface area contributed by atoms with E-state index in [0.717, 1.165) is 36.4 Å². The maximum absolute atomic E-state index is 12.9. The zero-order chi connectivity index (χ0) is 17.8. The smallest absolute Gasteiger partial charge is 0.325 e. The molecule has 2 aliphatic heterocycles. The fraction of sp³-hybridized carbons (Fsp3) is 0.529. The number of nitrogens with one attached hydrogen (secondary N) is 1. The molecule has 0 atom stereocenters. The van der Waals surface area contributed by atoms with E-state index in [1.165, 1.54) is 0 Å². The van der Waals surface area contributed by atoms with Gasteiger partial charge in [-0.3, -0.25) is 19.5 Å². The molecule has 0 aromatic carbocycles. The van der Waals surface area contributed by atoms with E-state index in [-0.39, 0.29) is 30.9 Å². The summed E-state index contributed by atoms with van der Waals surface area (Å²) in [4.78, 5) is 45.5. The number of rotatable bonds is 5. The summed E-state index contributed by atoms with van der Waals surface area (Å²) in [5.41, 5.74) is 0.986. The molecule has 0 unspecified atom stereocenters. The van der Waals surface area contributed by atoms with Gasteiger partial charge in [-0.15, -0.1) is 0 Å². The summed E-state index contributed by atoms with van der Waals surface area (Å²) in [6, 6.07) is 3.37. The van der Waals surface area contributed by atoms with Crippen LogP contribution < -0.4 is 5.32 Å². The lowest BCUT2D eigenvalue weighted by atomic mass is 10.0. The average Bonchev–Trinajstić information content (AvgIpc) is 2.93. The van der Waals surface area contributed by atoms with Gasteiger partial charge in [0.25, 0.3) is 5.91 Å². The molecule has 1 aromatic heterocycles. The van der Waals surface area contributed by atoms with Gasteiger partial charge >= 0.3 is 6.03 Å². The maximum Gasteiger partial charge on any atom is 0.325 e. The lowest BCUT2D eigenvalue weighted by Gasteiger charge is -2.38. The van der Waals surface area contributed by atoms with Gasteiger partial charge in [0, 0.05) is 25.0 Å². The first-order valence-electron chi connectivity index (χ1n) is 8.49. The summed E-state index contributed by atoms with van der Waals surface area (Å²) < 4.78 is 0. The minimum Gasteiger partial charge on any atom is -0.334 e. The van der Waals surface area contributed by atoms with Crippen molar-refractivity contribution >= 4 is 17.8 Å². The third-order valence-electron chi connectivity index (χ3n) is 4.78. The fourth-order valence-electron chi connectivity index (χ4n) is 3.25. The van der Waals surface area contributed by atoms with E-state index in [0.29, 0.717) is 6.54 Å². The standard InChI is InChI=1S/C17H23N5O3/c1-20-8-4-14(5-9-20)21(11-13-2-6-18-7-3-13)16(24)12-22-15(23)10-19-17(22)25/h2-3,6-7,14H,4-5,8-12H2,1H3,(H,19,25). The molecule has 4 amide bonds. The Balaban J connectivity index is 1.74. The number of carbonyl (C=O) groups excluding carboxylic acids is 3. The van der Waals surface area contributed by atoms with E-state index in [9.17, 15) is 14.4 Å². The van der Waals surface area contributed by atoms with E-state index in [1.807, 2.05) is 12.1 Å². The van der Waals surface area contributed by atoms with Crippen LogP contribution in [0.4, 0.5) is 4.79 Å². The zero-order valence-electron chi connectivity index (χ0n) is 14.4. The molecule has 0 bridgehead atoms. The van der Waals surface area contributed by atoms with Crippen LogP contribution in [0.3, 0.4) is 0 Å². The van der Waals surface area contributed by atoms with Crippen molar-refractivity contribution in [3.8, 4) is 0 Å². The highest BCUT2D eigenvalue weighted by molar-refractivity contribution is 6.04. The minimum atomic E-state index is -0.495. The van der Waals surface area contributed by atoms with Crippen LogP contribution in [0, 0.1) is 0 Å². The predicted molar refractivity (Wildman–Crippen MR) is 90.4 cm³/mol. The van der Waals surface area contributed by atoms with Crippen molar-refractivity contribution < 1.29 is 14.4 Å². The Bertz CT molecular complexity index is 627. The van der Waals surface area contributed by atoms with Gasteiger partial charge < -0.3 is 15.1 Å². The van der Waals surface area contributed by atoms with E-state index in [2.05, 4.69) is 22.2 Å². The molecule has 2 fully saturated rings. The summed E-state index contributed by atoms with van der Waals surface area (Å²) in [6.45, 7) is 2.06. The lowest BCUT2D eigenvalue weighted by Crippen LogP contribution is -2.50. The number of pyridine rings is 1. The summed E-state index contributed by atoms with van der Waals surface area (Å²) in [5.74, 6) is -0.553. The number of amides is 4. The molecule has 8 heteroatoms. The monoisotopic (exact) mass is 345 g/mol. The first kappa shape index (κ1) is 17.3. The third kappa shape index (κ3) is 4.14. The molecule has 8 nitrogen and oxygen atoms in total. The van der Waals surface area contributed by atoms with Gasteiger partial charge in [-0.1, -0.05) is 0 Å². The first-order chi connectivity index (χ1) is 12.0. The summed E-state index contributed by atoms with van der Waals surface area (Å²) in [7, 11) is 2.07. The third-order valence-corrected chi connectivity index (χ3v) is 4.78. The van der Waals surface area contributed by atoms with Crippen molar-refractivity contribution in [2.24, 2.45) is 0 Å². The predicted octanol–water partition coefficient (Wildman–Crippen LogP) is 0.0562. The average molecular weight is 345 g/mol. The molecule has 0 aliphatic carbocycles. The van der Waals surface area contributed by atoms with Crippen molar-refractivity contribution in [3.05, 3.63) is 30.1 Å². The lowest BCUT2D eigenvalue weighted by molar-refractivity contribution is -0.139. The molecule has 2 aliphatic rings. The number of aromatic nitrogens is 1. The van der Waals surface area contributed by atoms with Crippen LogP contribution in [-0.2, 0) is 16.1 Å². The molecule has 134 valence electrons. The molecule has 1 N–H and O–H groups in total. The minimum absolute atomic E-state index is 0.0370. The van der Waals surface area contributed by atoms with Crippen molar-refractivity contribution in [1.82, 2.24) is 25.0 Å². The van der Waals surface area contributed by atoms with Gasteiger partial charge in [0.05, 0.1) is 6.54 Å². The number of nitrogens with zero attached hydrogens (tertiary/aromatic N) is 4. The highest BCUT2D eigenvalue weighted by Crippen LogP contribution is 2.19. The van der Waals surface area contributed by atoms with Crippen molar-refractivity contribution in [3.63, 3.8) is 0 Å². The maximum atomic E-state index is 12.9. The number of imide groups is 1. The molecule has 1 aromatic rings. The van der Waals surface area contributed by atoms with Crippen LogP contribution >= 0.6 is 0 Å². The number of carbonyl (C=O) groups is 3. The highest BCUT2D eigenvalue weighted by Gasteiger charge is 2.34. The molecule has 2 saturated heterocycles. The molecular formula is C17H23N5O3. The van der Waals surface area contributed by atoms with Crippen LogP contribution in [-0.4, -0.2) is 76.8 Å². The molecule has 0 saturated carbocycles. The van der Waals surface area contributed by atoms with E-state index < -0.39 is 6.03 Å². The second kappa shape index (κ2) is 7.60. The number of hydrogen-bond donors (Lipinski definition) is 1. The van der Waals surface area contributed by atoms with E-state index >= 15 is 0 Å². The Hall–Kier alpha value is -2.48. The number of piperidine rings is 1. The Labute approximate surface area is 146 Å². The van der Waals surface area contributed by atoms with E-state index in [4.69, 9.17) is 0 Å². The zero-order valence-corrected chi connectivity index (χ0v) is 14.4. The quantitative estimate of drug-likeness (QED) is 0.763. The topological polar surface area (TPSA) is 85.8 Å². The van der Waals surface area contributed by atoms with Crippen LogP contribution in [0.5, 0.6) is 0 Å².